The Labute approximate surface area is 189 Å². The van der Waals surface area contributed by atoms with Crippen LogP contribution in [0, 0.1) is 12.8 Å². The fourth-order valence-electron chi connectivity index (χ4n) is 4.88. The maximum Gasteiger partial charge on any atom is 0.131 e. The second-order valence-electron chi connectivity index (χ2n) is 8.52. The predicted octanol–water partition coefficient (Wildman–Crippen LogP) is 6.59. The van der Waals surface area contributed by atoms with Crippen molar-refractivity contribution in [1.29, 1.82) is 0 Å². The minimum atomic E-state index is 0.296. The minimum absolute atomic E-state index is 0.296. The van der Waals surface area contributed by atoms with Crippen LogP contribution in [-0.2, 0) is 0 Å². The monoisotopic (exact) mass is 424 g/mol. The van der Waals surface area contributed by atoms with Gasteiger partial charge < -0.3 is 14.8 Å². The molecule has 32 heavy (non-hydrogen) atoms. The topological polar surface area (TPSA) is 42.8 Å². The second kappa shape index (κ2) is 8.54. The summed E-state index contributed by atoms with van der Waals surface area (Å²) >= 11 is 0. The average molecular weight is 425 g/mol. The molecule has 1 N–H and O–H groups in total. The second-order valence-corrected chi connectivity index (χ2v) is 8.52. The molecule has 3 atom stereocenters. The van der Waals surface area contributed by atoms with Gasteiger partial charge in [0.25, 0.3) is 0 Å². The van der Waals surface area contributed by atoms with Gasteiger partial charge in [-0.3, -0.25) is 4.99 Å². The van der Waals surface area contributed by atoms with Crippen LogP contribution in [0.4, 0.5) is 11.4 Å². The predicted molar refractivity (Wildman–Crippen MR) is 131 cm³/mol. The molecule has 3 aromatic carbocycles. The fraction of sp³-hybridized carbons (Fsp3) is 0.250. The highest BCUT2D eigenvalue weighted by Crippen LogP contribution is 2.50. The third-order valence-electron chi connectivity index (χ3n) is 6.56. The zero-order valence-electron chi connectivity index (χ0n) is 18.7. The van der Waals surface area contributed by atoms with Crippen molar-refractivity contribution in [2.75, 3.05) is 19.5 Å². The van der Waals surface area contributed by atoms with Crippen LogP contribution in [0.2, 0.25) is 0 Å². The Morgan fingerprint density at radius 2 is 1.81 bits per heavy atom. The zero-order chi connectivity index (χ0) is 22.1. The number of rotatable bonds is 5. The number of allylic oxidation sites excluding steroid dienone is 2. The molecule has 0 unspecified atom stereocenters. The van der Waals surface area contributed by atoms with E-state index in [0.29, 0.717) is 17.9 Å². The molecule has 4 heteroatoms. The Hall–Kier alpha value is -3.53. The number of hydrogen-bond acceptors (Lipinski definition) is 4. The Morgan fingerprint density at radius 3 is 2.59 bits per heavy atom. The third-order valence-corrected chi connectivity index (χ3v) is 6.56. The van der Waals surface area contributed by atoms with Crippen molar-refractivity contribution in [2.45, 2.75) is 25.3 Å². The van der Waals surface area contributed by atoms with Gasteiger partial charge in [0.05, 0.1) is 25.9 Å². The first-order chi connectivity index (χ1) is 15.7. The highest BCUT2D eigenvalue weighted by atomic mass is 16.5. The van der Waals surface area contributed by atoms with Gasteiger partial charge >= 0.3 is 0 Å². The number of methoxy groups -OCH3 is 2. The van der Waals surface area contributed by atoms with Gasteiger partial charge in [0.2, 0.25) is 0 Å². The molecule has 5 rings (SSSR count). The van der Waals surface area contributed by atoms with E-state index in [1.165, 1.54) is 22.4 Å². The first-order valence-electron chi connectivity index (χ1n) is 11.1. The van der Waals surface area contributed by atoms with E-state index < -0.39 is 0 Å². The molecule has 1 aliphatic heterocycles. The number of nitrogens with zero attached hydrogens (tertiary/aromatic N) is 1. The summed E-state index contributed by atoms with van der Waals surface area (Å²) in [5, 5.41) is 3.81. The molecule has 0 aromatic heterocycles. The Morgan fingerprint density at radius 1 is 0.969 bits per heavy atom. The first kappa shape index (κ1) is 20.4. The van der Waals surface area contributed by atoms with Gasteiger partial charge in [-0.05, 0) is 60.7 Å². The highest BCUT2D eigenvalue weighted by Gasteiger charge is 2.37. The third kappa shape index (κ3) is 3.77. The van der Waals surface area contributed by atoms with Crippen LogP contribution < -0.4 is 14.8 Å². The molecule has 4 nitrogen and oxygen atoms in total. The lowest BCUT2D eigenvalue weighted by Crippen LogP contribution is -2.29. The van der Waals surface area contributed by atoms with Gasteiger partial charge in [-0.2, -0.15) is 0 Å². The maximum atomic E-state index is 5.47. The smallest absolute Gasteiger partial charge is 0.131 e. The van der Waals surface area contributed by atoms with E-state index in [4.69, 9.17) is 9.47 Å². The molecule has 0 amide bonds. The number of anilines is 1. The van der Waals surface area contributed by atoms with E-state index in [2.05, 4.69) is 71.8 Å². The summed E-state index contributed by atoms with van der Waals surface area (Å²) in [6.45, 7) is 2.17. The number of fused-ring (bicyclic) bond motifs is 3. The fourth-order valence-corrected chi connectivity index (χ4v) is 4.88. The largest absolute Gasteiger partial charge is 0.497 e. The normalized spacial score (nSPS) is 21.2. The molecule has 0 fully saturated rings. The molecule has 3 aromatic rings. The van der Waals surface area contributed by atoms with Crippen molar-refractivity contribution in [3.05, 3.63) is 95.1 Å². The number of benzene rings is 3. The van der Waals surface area contributed by atoms with Crippen LogP contribution in [0.25, 0.3) is 0 Å². The van der Waals surface area contributed by atoms with Gasteiger partial charge in [0, 0.05) is 29.4 Å². The van der Waals surface area contributed by atoms with Crippen LogP contribution in [-0.4, -0.2) is 20.4 Å². The number of hydrogen-bond donors (Lipinski definition) is 1. The van der Waals surface area contributed by atoms with Gasteiger partial charge in [0.15, 0.2) is 0 Å². The Balaban J connectivity index is 1.37. The van der Waals surface area contributed by atoms with Gasteiger partial charge in [0.1, 0.15) is 11.5 Å². The lowest BCUT2D eigenvalue weighted by atomic mass is 9.76. The maximum absolute atomic E-state index is 5.47. The summed E-state index contributed by atoms with van der Waals surface area (Å²) in [6.07, 6.45) is 7.66. The van der Waals surface area contributed by atoms with E-state index in [9.17, 15) is 0 Å². The first-order valence-corrected chi connectivity index (χ1v) is 11.1. The standard InChI is InChI=1S/C28H28N2O2/c1-18-7-14-26-25(15-18)23-5-4-6-24(23)28(30-26)19-8-11-21(12-9-19)29-17-20-10-13-22(31-2)16-27(20)32-3/h4-5,7-17,23-24,28,30H,6H2,1-3H3/t23-,24-,28+/m1/s1. The Kier molecular flexibility index (Phi) is 5.44. The molecule has 0 radical (unpaired) electrons. The van der Waals surface area contributed by atoms with Gasteiger partial charge in [-0.25, -0.2) is 0 Å². The van der Waals surface area contributed by atoms with E-state index in [0.717, 1.165) is 29.2 Å². The van der Waals surface area contributed by atoms with E-state index in [-0.39, 0.29) is 0 Å². The molecule has 1 aliphatic carbocycles. The average Bonchev–Trinajstić information content (AvgIpc) is 3.33. The summed E-state index contributed by atoms with van der Waals surface area (Å²) in [7, 11) is 3.30. The van der Waals surface area contributed by atoms with Gasteiger partial charge in [-0.15, -0.1) is 0 Å². The summed E-state index contributed by atoms with van der Waals surface area (Å²) in [6, 6.07) is 21.3. The zero-order valence-corrected chi connectivity index (χ0v) is 18.7. The van der Waals surface area contributed by atoms with Crippen molar-refractivity contribution >= 4 is 17.6 Å². The highest BCUT2D eigenvalue weighted by molar-refractivity contribution is 5.85. The number of aliphatic imine (C=N–C) groups is 1. The molecule has 0 spiro atoms. The number of nitrogens with one attached hydrogen (secondary N) is 1. The van der Waals surface area contributed by atoms with E-state index >= 15 is 0 Å². The molecule has 2 aliphatic rings. The quantitative estimate of drug-likeness (QED) is 0.371. The lowest BCUT2D eigenvalue weighted by Gasteiger charge is -2.37. The molecule has 0 saturated heterocycles. The van der Waals surface area contributed by atoms with Crippen molar-refractivity contribution < 1.29 is 9.47 Å². The van der Waals surface area contributed by atoms with Crippen LogP contribution in [0.3, 0.4) is 0 Å². The summed E-state index contributed by atoms with van der Waals surface area (Å²) in [5.41, 5.74) is 7.13. The lowest BCUT2D eigenvalue weighted by molar-refractivity contribution is 0.394. The summed E-state index contributed by atoms with van der Waals surface area (Å²) in [4.78, 5) is 4.66. The summed E-state index contributed by atoms with van der Waals surface area (Å²) in [5.74, 6) is 2.53. The van der Waals surface area contributed by atoms with Gasteiger partial charge in [-0.1, -0.05) is 42.0 Å². The van der Waals surface area contributed by atoms with Crippen molar-refractivity contribution in [3.8, 4) is 11.5 Å². The molecule has 162 valence electrons. The van der Waals surface area contributed by atoms with Crippen LogP contribution in [0.15, 0.2) is 77.8 Å². The molecule has 0 bridgehead atoms. The van der Waals surface area contributed by atoms with Crippen LogP contribution in [0.1, 0.15) is 40.6 Å². The molecule has 0 saturated carbocycles. The number of ether oxygens (including phenoxy) is 2. The molecular formula is C28H28N2O2. The van der Waals surface area contributed by atoms with Crippen molar-refractivity contribution in [3.63, 3.8) is 0 Å². The van der Waals surface area contributed by atoms with Crippen molar-refractivity contribution in [2.24, 2.45) is 10.9 Å². The van der Waals surface area contributed by atoms with Crippen LogP contribution in [0.5, 0.6) is 11.5 Å². The SMILES string of the molecule is COc1ccc(C=Nc2ccc([C@@H]3Nc4ccc(C)cc4[C@@H]4C=CC[C@H]43)cc2)c(OC)c1. The molecule has 1 heterocycles. The van der Waals surface area contributed by atoms with Crippen molar-refractivity contribution in [1.82, 2.24) is 0 Å². The Bertz CT molecular complexity index is 1180. The molecular weight excluding hydrogens is 396 g/mol. The van der Waals surface area contributed by atoms with E-state index in [1.54, 1.807) is 14.2 Å². The number of aryl methyl sites for hydroxylation is 1. The van der Waals surface area contributed by atoms with Crippen LogP contribution >= 0.6 is 0 Å². The summed E-state index contributed by atoms with van der Waals surface area (Å²) < 4.78 is 10.7. The van der Waals surface area contributed by atoms with E-state index in [1.807, 2.05) is 24.4 Å². The minimum Gasteiger partial charge on any atom is -0.497 e.